The first-order valence-electron chi connectivity index (χ1n) is 6.21. The van der Waals surface area contributed by atoms with Gasteiger partial charge in [0.1, 0.15) is 0 Å². The smallest absolute Gasteiger partial charge is 0.165 e. The molecule has 0 aliphatic heterocycles. The summed E-state index contributed by atoms with van der Waals surface area (Å²) in [6.45, 7) is 10.3. The SMILES string of the molecule is CCCn1nnnc1CN(CC(C)O)C(C)C. The number of aryl methyl sites for hydroxylation is 1. The molecule has 1 atom stereocenters. The molecule has 6 nitrogen and oxygen atoms in total. The van der Waals surface area contributed by atoms with Crippen molar-refractivity contribution in [1.29, 1.82) is 0 Å². The third-order valence-electron chi connectivity index (χ3n) is 2.62. The topological polar surface area (TPSA) is 67.1 Å². The maximum atomic E-state index is 9.47. The number of aromatic nitrogens is 4. The molecule has 0 fully saturated rings. The van der Waals surface area contributed by atoms with Crippen LogP contribution in [-0.4, -0.2) is 48.9 Å². The standard InChI is InChI=1S/C11H23N5O/c1-5-6-16-11(12-13-14-16)8-15(9(2)3)7-10(4)17/h9-10,17H,5-8H2,1-4H3. The van der Waals surface area contributed by atoms with Crippen LogP contribution < -0.4 is 0 Å². The van der Waals surface area contributed by atoms with E-state index in [1.54, 1.807) is 6.92 Å². The van der Waals surface area contributed by atoms with Gasteiger partial charge in [0.25, 0.3) is 0 Å². The average Bonchev–Trinajstić information content (AvgIpc) is 2.64. The van der Waals surface area contributed by atoms with E-state index >= 15 is 0 Å². The van der Waals surface area contributed by atoms with Crippen molar-refractivity contribution in [3.05, 3.63) is 5.82 Å². The van der Waals surface area contributed by atoms with Crippen LogP contribution >= 0.6 is 0 Å². The van der Waals surface area contributed by atoms with Crippen molar-refractivity contribution in [2.24, 2.45) is 0 Å². The molecular weight excluding hydrogens is 218 g/mol. The molecular formula is C11H23N5O. The van der Waals surface area contributed by atoms with E-state index in [1.807, 2.05) is 4.68 Å². The predicted octanol–water partition coefficient (Wildman–Crippen LogP) is 0.674. The third-order valence-corrected chi connectivity index (χ3v) is 2.62. The normalized spacial score (nSPS) is 13.6. The van der Waals surface area contributed by atoms with Gasteiger partial charge in [0.2, 0.25) is 0 Å². The number of hydrogen-bond donors (Lipinski definition) is 1. The van der Waals surface area contributed by atoms with E-state index < -0.39 is 0 Å². The Bertz CT molecular complexity index is 323. The molecule has 1 rings (SSSR count). The van der Waals surface area contributed by atoms with Gasteiger partial charge in [0.15, 0.2) is 5.82 Å². The first kappa shape index (κ1) is 14.1. The minimum absolute atomic E-state index is 0.340. The van der Waals surface area contributed by atoms with E-state index in [-0.39, 0.29) is 6.10 Å². The number of rotatable bonds is 7. The van der Waals surface area contributed by atoms with E-state index in [1.165, 1.54) is 0 Å². The van der Waals surface area contributed by atoms with Crippen molar-refractivity contribution < 1.29 is 5.11 Å². The maximum Gasteiger partial charge on any atom is 0.165 e. The molecule has 0 aliphatic carbocycles. The zero-order chi connectivity index (χ0) is 12.8. The van der Waals surface area contributed by atoms with Gasteiger partial charge < -0.3 is 5.11 Å². The number of aliphatic hydroxyl groups excluding tert-OH is 1. The van der Waals surface area contributed by atoms with Crippen LogP contribution in [0.25, 0.3) is 0 Å². The Hall–Kier alpha value is -1.01. The summed E-state index contributed by atoms with van der Waals surface area (Å²) >= 11 is 0. The van der Waals surface area contributed by atoms with E-state index in [9.17, 15) is 5.11 Å². The zero-order valence-corrected chi connectivity index (χ0v) is 11.2. The Morgan fingerprint density at radius 3 is 2.59 bits per heavy atom. The summed E-state index contributed by atoms with van der Waals surface area (Å²) in [4.78, 5) is 2.17. The highest BCUT2D eigenvalue weighted by molar-refractivity contribution is 4.82. The predicted molar refractivity (Wildman–Crippen MR) is 65.3 cm³/mol. The summed E-state index contributed by atoms with van der Waals surface area (Å²) in [5.74, 6) is 0.862. The molecule has 0 aromatic carbocycles. The Morgan fingerprint density at radius 1 is 1.35 bits per heavy atom. The summed E-state index contributed by atoms with van der Waals surface area (Å²) in [5.41, 5.74) is 0. The molecule has 1 aromatic rings. The Morgan fingerprint density at radius 2 is 2.06 bits per heavy atom. The van der Waals surface area contributed by atoms with Gasteiger partial charge in [0, 0.05) is 19.1 Å². The van der Waals surface area contributed by atoms with Crippen LogP contribution in [0.2, 0.25) is 0 Å². The van der Waals surface area contributed by atoms with Gasteiger partial charge in [-0.2, -0.15) is 0 Å². The quantitative estimate of drug-likeness (QED) is 0.760. The molecule has 0 saturated heterocycles. The maximum absolute atomic E-state index is 9.47. The van der Waals surface area contributed by atoms with Gasteiger partial charge in [-0.1, -0.05) is 6.92 Å². The van der Waals surface area contributed by atoms with Gasteiger partial charge in [-0.05, 0) is 37.6 Å². The summed E-state index contributed by atoms with van der Waals surface area (Å²) in [6.07, 6.45) is 0.670. The van der Waals surface area contributed by atoms with Crippen LogP contribution in [0.3, 0.4) is 0 Å². The van der Waals surface area contributed by atoms with E-state index in [0.29, 0.717) is 19.1 Å². The van der Waals surface area contributed by atoms with Gasteiger partial charge in [0.05, 0.1) is 12.6 Å². The van der Waals surface area contributed by atoms with E-state index in [0.717, 1.165) is 18.8 Å². The number of hydrogen-bond acceptors (Lipinski definition) is 5. The fraction of sp³-hybridized carbons (Fsp3) is 0.909. The van der Waals surface area contributed by atoms with Crippen molar-refractivity contribution in [1.82, 2.24) is 25.1 Å². The second-order valence-corrected chi connectivity index (χ2v) is 4.69. The van der Waals surface area contributed by atoms with Crippen molar-refractivity contribution in [3.8, 4) is 0 Å². The fourth-order valence-electron chi connectivity index (χ4n) is 1.70. The first-order valence-corrected chi connectivity index (χ1v) is 6.21. The minimum atomic E-state index is -0.340. The average molecular weight is 241 g/mol. The number of nitrogens with zero attached hydrogens (tertiary/aromatic N) is 5. The van der Waals surface area contributed by atoms with E-state index in [4.69, 9.17) is 0 Å². The summed E-state index contributed by atoms with van der Waals surface area (Å²) in [5, 5.41) is 21.2. The monoisotopic (exact) mass is 241 g/mol. The number of tetrazole rings is 1. The second kappa shape index (κ2) is 6.66. The van der Waals surface area contributed by atoms with Gasteiger partial charge in [-0.25, -0.2) is 4.68 Å². The molecule has 0 saturated carbocycles. The van der Waals surface area contributed by atoms with E-state index in [2.05, 4.69) is 41.2 Å². The molecule has 1 unspecified atom stereocenters. The van der Waals surface area contributed by atoms with Crippen LogP contribution in [-0.2, 0) is 13.1 Å². The molecule has 17 heavy (non-hydrogen) atoms. The lowest BCUT2D eigenvalue weighted by atomic mass is 10.2. The lowest BCUT2D eigenvalue weighted by molar-refractivity contribution is 0.0995. The highest BCUT2D eigenvalue weighted by atomic mass is 16.3. The lowest BCUT2D eigenvalue weighted by Crippen LogP contribution is -2.37. The largest absolute Gasteiger partial charge is 0.392 e. The second-order valence-electron chi connectivity index (χ2n) is 4.69. The first-order chi connectivity index (χ1) is 8.04. The molecule has 0 aliphatic rings. The highest BCUT2D eigenvalue weighted by Gasteiger charge is 2.16. The van der Waals surface area contributed by atoms with Gasteiger partial charge in [-0.3, -0.25) is 4.90 Å². The minimum Gasteiger partial charge on any atom is -0.392 e. The zero-order valence-electron chi connectivity index (χ0n) is 11.2. The van der Waals surface area contributed by atoms with Crippen molar-refractivity contribution in [2.75, 3.05) is 6.54 Å². The van der Waals surface area contributed by atoms with Crippen LogP contribution in [0, 0.1) is 0 Å². The van der Waals surface area contributed by atoms with Gasteiger partial charge in [-0.15, -0.1) is 5.10 Å². The Labute approximate surface area is 103 Å². The fourth-order valence-corrected chi connectivity index (χ4v) is 1.70. The molecule has 0 radical (unpaired) electrons. The van der Waals surface area contributed by atoms with Crippen LogP contribution in [0.1, 0.15) is 39.9 Å². The Kier molecular flexibility index (Phi) is 5.50. The van der Waals surface area contributed by atoms with Crippen molar-refractivity contribution >= 4 is 0 Å². The van der Waals surface area contributed by atoms with Crippen LogP contribution in [0.4, 0.5) is 0 Å². The molecule has 1 heterocycles. The number of aliphatic hydroxyl groups is 1. The molecule has 1 aromatic heterocycles. The molecule has 98 valence electrons. The highest BCUT2D eigenvalue weighted by Crippen LogP contribution is 2.06. The van der Waals surface area contributed by atoms with Gasteiger partial charge >= 0.3 is 0 Å². The molecule has 0 bridgehead atoms. The lowest BCUT2D eigenvalue weighted by Gasteiger charge is -2.26. The van der Waals surface area contributed by atoms with Crippen LogP contribution in [0.15, 0.2) is 0 Å². The third kappa shape index (κ3) is 4.40. The summed E-state index contributed by atoms with van der Waals surface area (Å²) in [7, 11) is 0. The molecule has 0 amide bonds. The molecule has 1 N–H and O–H groups in total. The summed E-state index contributed by atoms with van der Waals surface area (Å²) < 4.78 is 1.83. The molecule has 0 spiro atoms. The summed E-state index contributed by atoms with van der Waals surface area (Å²) in [6, 6.07) is 0.358. The van der Waals surface area contributed by atoms with Crippen molar-refractivity contribution in [3.63, 3.8) is 0 Å². The Balaban J connectivity index is 2.68. The van der Waals surface area contributed by atoms with Crippen LogP contribution in [0.5, 0.6) is 0 Å². The molecule has 6 heteroatoms. The van der Waals surface area contributed by atoms with Crippen molar-refractivity contribution in [2.45, 2.75) is 59.4 Å².